The Hall–Kier alpha value is -0.680. The summed E-state index contributed by atoms with van der Waals surface area (Å²) < 4.78 is 8.13. The highest BCUT2D eigenvalue weighted by molar-refractivity contribution is 7.71. The van der Waals surface area contributed by atoms with E-state index in [-0.39, 0.29) is 5.54 Å². The molecule has 72 valence electrons. The molecule has 1 aromatic rings. The van der Waals surface area contributed by atoms with Crippen LogP contribution in [0.15, 0.2) is 6.33 Å². The first-order valence-corrected chi connectivity index (χ1v) is 4.89. The van der Waals surface area contributed by atoms with Gasteiger partial charge in [-0.1, -0.05) is 6.92 Å². The molecule has 4 nitrogen and oxygen atoms in total. The molecule has 1 unspecified atom stereocenters. The molecule has 0 spiro atoms. The second-order valence-corrected chi connectivity index (χ2v) is 3.80. The zero-order valence-electron chi connectivity index (χ0n) is 7.62. The number of nitrogens with one attached hydrogen (secondary N) is 1. The molecule has 0 aromatic carbocycles. The smallest absolute Gasteiger partial charge is 0.195 e. The maximum absolute atomic E-state index is 5.42. The van der Waals surface area contributed by atoms with Crippen LogP contribution in [0.2, 0.25) is 0 Å². The molecule has 13 heavy (non-hydrogen) atoms. The lowest BCUT2D eigenvalue weighted by Crippen LogP contribution is -2.33. The van der Waals surface area contributed by atoms with Crippen LogP contribution in [0.5, 0.6) is 0 Å². The lowest BCUT2D eigenvalue weighted by Gasteiger charge is -2.26. The molecule has 0 bridgehead atoms. The topological polar surface area (TPSA) is 42.8 Å². The van der Waals surface area contributed by atoms with Gasteiger partial charge in [0, 0.05) is 6.61 Å². The minimum absolute atomic E-state index is 0.0457. The summed E-state index contributed by atoms with van der Waals surface area (Å²) in [6.07, 6.45) is 3.82. The van der Waals surface area contributed by atoms with Crippen LogP contribution in [-0.4, -0.2) is 28.0 Å². The van der Waals surface area contributed by atoms with Crippen molar-refractivity contribution >= 4 is 12.2 Å². The van der Waals surface area contributed by atoms with E-state index in [1.807, 2.05) is 4.57 Å². The van der Waals surface area contributed by atoms with Gasteiger partial charge in [-0.2, -0.15) is 5.10 Å². The Morgan fingerprint density at radius 2 is 2.69 bits per heavy atom. The third-order valence-corrected chi connectivity index (χ3v) is 3.09. The van der Waals surface area contributed by atoms with Gasteiger partial charge in [0.25, 0.3) is 0 Å². The van der Waals surface area contributed by atoms with Crippen molar-refractivity contribution in [3.05, 3.63) is 11.1 Å². The van der Waals surface area contributed by atoms with E-state index < -0.39 is 0 Å². The number of hydrogen-bond donors (Lipinski definition) is 1. The summed E-state index contributed by atoms with van der Waals surface area (Å²) >= 11 is 5.15. The molecule has 1 fully saturated rings. The van der Waals surface area contributed by atoms with E-state index in [0.29, 0.717) is 4.77 Å². The fraction of sp³-hybridized carbons (Fsp3) is 0.750. The van der Waals surface area contributed by atoms with Crippen LogP contribution in [0, 0.1) is 4.77 Å². The Balaban J connectivity index is 2.42. The number of rotatable bonds is 2. The van der Waals surface area contributed by atoms with Gasteiger partial charge in [-0.15, -0.1) is 0 Å². The first-order valence-electron chi connectivity index (χ1n) is 4.49. The van der Waals surface area contributed by atoms with E-state index in [9.17, 15) is 0 Å². The Morgan fingerprint density at radius 3 is 3.15 bits per heavy atom. The zero-order valence-corrected chi connectivity index (χ0v) is 8.43. The van der Waals surface area contributed by atoms with Crippen LogP contribution in [-0.2, 0) is 10.3 Å². The minimum atomic E-state index is 0.0457. The number of ether oxygens (including phenoxy) is 1. The van der Waals surface area contributed by atoms with Gasteiger partial charge in [0.15, 0.2) is 4.77 Å². The monoisotopic (exact) mass is 199 g/mol. The van der Waals surface area contributed by atoms with Crippen LogP contribution in [0.25, 0.3) is 0 Å². The molecule has 1 saturated heterocycles. The summed E-state index contributed by atoms with van der Waals surface area (Å²) in [5, 5.41) is 6.71. The Bertz CT molecular complexity index is 337. The van der Waals surface area contributed by atoms with Crippen molar-refractivity contribution in [3.63, 3.8) is 0 Å². The normalized spacial score (nSPS) is 28.1. The summed E-state index contributed by atoms with van der Waals surface area (Å²) in [6, 6.07) is 0. The van der Waals surface area contributed by atoms with E-state index in [4.69, 9.17) is 17.0 Å². The Morgan fingerprint density at radius 1 is 1.85 bits per heavy atom. The SMILES string of the molecule is CCC1(n2cn[nH]c2=S)CCOC1. The van der Waals surface area contributed by atoms with Crippen molar-refractivity contribution in [1.82, 2.24) is 14.8 Å². The molecular weight excluding hydrogens is 186 g/mol. The van der Waals surface area contributed by atoms with Crippen LogP contribution in [0.1, 0.15) is 19.8 Å². The van der Waals surface area contributed by atoms with Crippen molar-refractivity contribution in [2.24, 2.45) is 0 Å². The molecule has 1 atom stereocenters. The van der Waals surface area contributed by atoms with E-state index in [1.165, 1.54) is 0 Å². The number of nitrogens with zero attached hydrogens (tertiary/aromatic N) is 2. The van der Waals surface area contributed by atoms with Crippen molar-refractivity contribution in [1.29, 1.82) is 0 Å². The maximum atomic E-state index is 5.42. The number of H-pyrrole nitrogens is 1. The van der Waals surface area contributed by atoms with Crippen LogP contribution < -0.4 is 0 Å². The number of aromatic nitrogens is 3. The predicted molar refractivity (Wildman–Crippen MR) is 51.1 cm³/mol. The summed E-state index contributed by atoms with van der Waals surface area (Å²) in [6.45, 7) is 3.72. The van der Waals surface area contributed by atoms with Gasteiger partial charge < -0.3 is 4.74 Å². The van der Waals surface area contributed by atoms with Crippen LogP contribution in [0.4, 0.5) is 0 Å². The van der Waals surface area contributed by atoms with Gasteiger partial charge in [-0.05, 0) is 25.1 Å². The second-order valence-electron chi connectivity index (χ2n) is 3.41. The van der Waals surface area contributed by atoms with Crippen molar-refractivity contribution < 1.29 is 4.74 Å². The van der Waals surface area contributed by atoms with Gasteiger partial charge >= 0.3 is 0 Å². The summed E-state index contributed by atoms with van der Waals surface area (Å²) in [5.74, 6) is 0. The van der Waals surface area contributed by atoms with Crippen LogP contribution in [0.3, 0.4) is 0 Å². The molecular formula is C8H13N3OS. The molecule has 1 N–H and O–H groups in total. The molecule has 0 amide bonds. The minimum Gasteiger partial charge on any atom is -0.379 e. The number of hydrogen-bond acceptors (Lipinski definition) is 3. The summed E-state index contributed by atoms with van der Waals surface area (Å²) in [7, 11) is 0. The Kier molecular flexibility index (Phi) is 2.21. The average molecular weight is 199 g/mol. The van der Waals surface area contributed by atoms with E-state index in [1.54, 1.807) is 6.33 Å². The van der Waals surface area contributed by atoms with E-state index in [2.05, 4.69) is 17.1 Å². The molecule has 5 heteroatoms. The molecule has 2 heterocycles. The molecule has 1 aliphatic heterocycles. The molecule has 2 rings (SSSR count). The molecule has 0 aliphatic carbocycles. The zero-order chi connectivity index (χ0) is 9.31. The molecule has 0 radical (unpaired) electrons. The lowest BCUT2D eigenvalue weighted by atomic mass is 9.95. The molecule has 1 aromatic heterocycles. The summed E-state index contributed by atoms with van der Waals surface area (Å²) in [5.41, 5.74) is 0.0457. The highest BCUT2D eigenvalue weighted by Crippen LogP contribution is 2.30. The Labute approximate surface area is 81.9 Å². The standard InChI is InChI=1S/C8H13N3OS/c1-2-8(3-4-12-5-8)11-6-9-10-7(11)13/h6H,2-5H2,1H3,(H,10,13). The van der Waals surface area contributed by atoms with Crippen molar-refractivity contribution in [3.8, 4) is 0 Å². The van der Waals surface area contributed by atoms with E-state index >= 15 is 0 Å². The average Bonchev–Trinajstić information content (AvgIpc) is 2.73. The van der Waals surface area contributed by atoms with E-state index in [0.717, 1.165) is 26.1 Å². The highest BCUT2D eigenvalue weighted by Gasteiger charge is 2.35. The fourth-order valence-corrected chi connectivity index (χ4v) is 2.12. The molecule has 0 saturated carbocycles. The fourth-order valence-electron chi connectivity index (χ4n) is 1.82. The van der Waals surface area contributed by atoms with Gasteiger partial charge in [-0.3, -0.25) is 9.67 Å². The second kappa shape index (κ2) is 3.23. The van der Waals surface area contributed by atoms with Crippen molar-refractivity contribution in [2.45, 2.75) is 25.3 Å². The quantitative estimate of drug-likeness (QED) is 0.733. The maximum Gasteiger partial charge on any atom is 0.195 e. The third-order valence-electron chi connectivity index (χ3n) is 2.80. The van der Waals surface area contributed by atoms with Gasteiger partial charge in [-0.25, -0.2) is 0 Å². The van der Waals surface area contributed by atoms with Gasteiger partial charge in [0.2, 0.25) is 0 Å². The van der Waals surface area contributed by atoms with Gasteiger partial charge in [0.1, 0.15) is 6.33 Å². The molecule has 1 aliphatic rings. The lowest BCUT2D eigenvalue weighted by molar-refractivity contribution is 0.150. The van der Waals surface area contributed by atoms with Gasteiger partial charge in [0.05, 0.1) is 12.1 Å². The largest absolute Gasteiger partial charge is 0.379 e. The first-order chi connectivity index (χ1) is 6.28. The predicted octanol–water partition coefficient (Wildman–Crippen LogP) is 1.47. The third kappa shape index (κ3) is 1.32. The number of aromatic amines is 1. The van der Waals surface area contributed by atoms with Crippen molar-refractivity contribution in [2.75, 3.05) is 13.2 Å². The highest BCUT2D eigenvalue weighted by atomic mass is 32.1. The first kappa shape index (κ1) is 8.90. The van der Waals surface area contributed by atoms with Crippen LogP contribution >= 0.6 is 12.2 Å². The summed E-state index contributed by atoms with van der Waals surface area (Å²) in [4.78, 5) is 0.